The predicted molar refractivity (Wildman–Crippen MR) is 95.9 cm³/mol. The monoisotopic (exact) mass is 367 g/mol. The second kappa shape index (κ2) is 6.67. The number of nitrogens with zero attached hydrogens (tertiary/aromatic N) is 2. The van der Waals surface area contributed by atoms with E-state index in [1.807, 2.05) is 13.0 Å². The normalized spacial score (nSPS) is 11.2. The number of primary sulfonamides is 1. The average molecular weight is 367 g/mol. The summed E-state index contributed by atoms with van der Waals surface area (Å²) in [6.45, 7) is 1.82. The van der Waals surface area contributed by atoms with Crippen LogP contribution in [0, 0.1) is 24.1 Å². The van der Waals surface area contributed by atoms with Crippen molar-refractivity contribution < 1.29 is 12.8 Å². The van der Waals surface area contributed by atoms with E-state index in [1.54, 1.807) is 30.5 Å². The third-order valence-corrected chi connectivity index (χ3v) is 4.92. The number of sulfonamides is 1. The summed E-state index contributed by atoms with van der Waals surface area (Å²) in [7, 11) is -4.13. The minimum atomic E-state index is -4.13. The van der Waals surface area contributed by atoms with Crippen LogP contribution in [0.25, 0.3) is 22.4 Å². The molecule has 0 atom stereocenters. The molecule has 1 aromatic heterocycles. The molecule has 7 heteroatoms. The van der Waals surface area contributed by atoms with E-state index in [0.29, 0.717) is 22.4 Å². The number of pyridine rings is 1. The molecule has 26 heavy (non-hydrogen) atoms. The van der Waals surface area contributed by atoms with Crippen LogP contribution in [0.4, 0.5) is 4.39 Å². The van der Waals surface area contributed by atoms with Gasteiger partial charge in [0, 0.05) is 17.3 Å². The highest BCUT2D eigenvalue weighted by atomic mass is 32.2. The zero-order valence-electron chi connectivity index (χ0n) is 13.8. The fourth-order valence-electron chi connectivity index (χ4n) is 2.70. The van der Waals surface area contributed by atoms with Crippen molar-refractivity contribution >= 4 is 10.0 Å². The predicted octanol–water partition coefficient (Wildman–Crippen LogP) is 3.38. The Morgan fingerprint density at radius 2 is 1.85 bits per heavy atom. The number of hydrogen-bond donors (Lipinski definition) is 1. The summed E-state index contributed by atoms with van der Waals surface area (Å²) in [4.78, 5) is 3.82. The van der Waals surface area contributed by atoms with Crippen LogP contribution in [-0.4, -0.2) is 13.4 Å². The molecule has 2 aromatic carbocycles. The molecule has 0 aliphatic heterocycles. The van der Waals surface area contributed by atoms with Gasteiger partial charge in [-0.25, -0.2) is 17.9 Å². The maximum absolute atomic E-state index is 14.2. The van der Waals surface area contributed by atoms with Crippen molar-refractivity contribution in [1.82, 2.24) is 4.98 Å². The Morgan fingerprint density at radius 3 is 2.46 bits per heavy atom. The number of aryl methyl sites for hydroxylation is 1. The van der Waals surface area contributed by atoms with Gasteiger partial charge in [-0.15, -0.1) is 0 Å². The number of benzene rings is 2. The highest BCUT2D eigenvalue weighted by Crippen LogP contribution is 2.32. The summed E-state index contributed by atoms with van der Waals surface area (Å²) in [6, 6.07) is 14.6. The standard InChI is InChI=1S/C19H14FN3O2S/c1-12-9-14(4-5-15(12)11-21)19-16(3-2-8-23-19)13-6-7-18(17(20)10-13)26(22,24)25/h2-10H,1H3,(H2,22,24,25). The number of rotatable bonds is 3. The summed E-state index contributed by atoms with van der Waals surface area (Å²) < 4.78 is 37.0. The molecule has 3 aromatic rings. The maximum atomic E-state index is 14.2. The zero-order chi connectivity index (χ0) is 18.9. The van der Waals surface area contributed by atoms with Crippen molar-refractivity contribution in [1.29, 1.82) is 5.26 Å². The maximum Gasteiger partial charge on any atom is 0.240 e. The fraction of sp³-hybridized carbons (Fsp3) is 0.0526. The van der Waals surface area contributed by atoms with Gasteiger partial charge in [0.15, 0.2) is 0 Å². The molecule has 0 saturated carbocycles. The molecule has 0 unspecified atom stereocenters. The van der Waals surface area contributed by atoms with Gasteiger partial charge in [-0.05, 0) is 48.4 Å². The lowest BCUT2D eigenvalue weighted by atomic mass is 9.97. The number of halogens is 1. The Morgan fingerprint density at radius 1 is 1.12 bits per heavy atom. The molecule has 2 N–H and O–H groups in total. The Bertz CT molecular complexity index is 1150. The zero-order valence-corrected chi connectivity index (χ0v) is 14.6. The molecule has 0 fully saturated rings. The number of nitrogens with two attached hydrogens (primary N) is 1. The second-order valence-electron chi connectivity index (χ2n) is 5.73. The molecule has 5 nitrogen and oxygen atoms in total. The number of aromatic nitrogens is 1. The minimum Gasteiger partial charge on any atom is -0.256 e. The van der Waals surface area contributed by atoms with Crippen molar-refractivity contribution in [2.45, 2.75) is 11.8 Å². The van der Waals surface area contributed by atoms with E-state index in [1.165, 1.54) is 6.07 Å². The van der Waals surface area contributed by atoms with Crippen molar-refractivity contribution in [3.05, 3.63) is 71.7 Å². The van der Waals surface area contributed by atoms with Crippen LogP contribution in [-0.2, 0) is 10.0 Å². The van der Waals surface area contributed by atoms with Gasteiger partial charge >= 0.3 is 0 Å². The number of hydrogen-bond acceptors (Lipinski definition) is 4. The fourth-order valence-corrected chi connectivity index (χ4v) is 3.29. The van der Waals surface area contributed by atoms with Gasteiger partial charge in [-0.1, -0.05) is 18.2 Å². The molecular weight excluding hydrogens is 353 g/mol. The summed E-state index contributed by atoms with van der Waals surface area (Å²) in [5, 5.41) is 14.1. The molecular formula is C19H14FN3O2S. The van der Waals surface area contributed by atoms with Crippen LogP contribution in [0.2, 0.25) is 0 Å². The molecule has 0 saturated heterocycles. The average Bonchev–Trinajstić information content (AvgIpc) is 2.60. The first-order valence-electron chi connectivity index (χ1n) is 7.60. The molecule has 0 aliphatic rings. The highest BCUT2D eigenvalue weighted by Gasteiger charge is 2.17. The molecule has 130 valence electrons. The van der Waals surface area contributed by atoms with Gasteiger partial charge in [0.1, 0.15) is 10.7 Å². The van der Waals surface area contributed by atoms with Gasteiger partial charge in [0.25, 0.3) is 0 Å². The Balaban J connectivity index is 2.16. The van der Waals surface area contributed by atoms with Crippen molar-refractivity contribution in [3.63, 3.8) is 0 Å². The van der Waals surface area contributed by atoms with E-state index >= 15 is 0 Å². The van der Waals surface area contributed by atoms with Gasteiger partial charge < -0.3 is 0 Å². The van der Waals surface area contributed by atoms with Gasteiger partial charge in [-0.3, -0.25) is 4.98 Å². The SMILES string of the molecule is Cc1cc(-c2ncccc2-c2ccc(S(N)(=O)=O)c(F)c2)ccc1C#N. The lowest BCUT2D eigenvalue weighted by Gasteiger charge is -2.11. The van der Waals surface area contributed by atoms with Crippen LogP contribution < -0.4 is 5.14 Å². The summed E-state index contributed by atoms with van der Waals surface area (Å²) in [5.41, 5.74) is 3.85. The van der Waals surface area contributed by atoms with E-state index in [4.69, 9.17) is 10.4 Å². The Hall–Kier alpha value is -3.08. The van der Waals surface area contributed by atoms with Crippen molar-refractivity contribution in [2.24, 2.45) is 5.14 Å². The van der Waals surface area contributed by atoms with Crippen LogP contribution in [0.1, 0.15) is 11.1 Å². The first-order chi connectivity index (χ1) is 12.3. The Kier molecular flexibility index (Phi) is 4.55. The smallest absolute Gasteiger partial charge is 0.240 e. The number of nitriles is 1. The van der Waals surface area contributed by atoms with E-state index in [9.17, 15) is 12.8 Å². The van der Waals surface area contributed by atoms with Crippen molar-refractivity contribution in [2.75, 3.05) is 0 Å². The third kappa shape index (κ3) is 3.33. The lowest BCUT2D eigenvalue weighted by molar-refractivity contribution is 0.568. The highest BCUT2D eigenvalue weighted by molar-refractivity contribution is 7.89. The topological polar surface area (TPSA) is 96.8 Å². The van der Waals surface area contributed by atoms with Crippen LogP contribution >= 0.6 is 0 Å². The van der Waals surface area contributed by atoms with Gasteiger partial charge in [0.2, 0.25) is 10.0 Å². The first kappa shape index (κ1) is 17.7. The van der Waals surface area contributed by atoms with Crippen LogP contribution in [0.15, 0.2) is 59.6 Å². The van der Waals surface area contributed by atoms with Gasteiger partial charge in [0.05, 0.1) is 17.3 Å². The molecule has 0 radical (unpaired) electrons. The summed E-state index contributed by atoms with van der Waals surface area (Å²) in [6.07, 6.45) is 1.61. The lowest BCUT2D eigenvalue weighted by Crippen LogP contribution is -2.13. The van der Waals surface area contributed by atoms with Crippen LogP contribution in [0.5, 0.6) is 0 Å². The van der Waals surface area contributed by atoms with E-state index in [0.717, 1.165) is 23.3 Å². The Labute approximate surface area is 150 Å². The minimum absolute atomic E-state index is 0.472. The molecule has 0 amide bonds. The quantitative estimate of drug-likeness (QED) is 0.767. The van der Waals surface area contributed by atoms with E-state index in [2.05, 4.69) is 11.1 Å². The van der Waals surface area contributed by atoms with E-state index in [-0.39, 0.29) is 0 Å². The van der Waals surface area contributed by atoms with Gasteiger partial charge in [-0.2, -0.15) is 5.26 Å². The summed E-state index contributed by atoms with van der Waals surface area (Å²) in [5.74, 6) is -0.921. The largest absolute Gasteiger partial charge is 0.256 e. The second-order valence-corrected chi connectivity index (χ2v) is 7.26. The molecule has 1 heterocycles. The molecule has 3 rings (SSSR count). The van der Waals surface area contributed by atoms with E-state index < -0.39 is 20.7 Å². The molecule has 0 spiro atoms. The van der Waals surface area contributed by atoms with Crippen LogP contribution in [0.3, 0.4) is 0 Å². The molecule has 0 aliphatic carbocycles. The molecule has 0 bridgehead atoms. The third-order valence-electron chi connectivity index (χ3n) is 3.98. The summed E-state index contributed by atoms with van der Waals surface area (Å²) >= 11 is 0. The van der Waals surface area contributed by atoms with Crippen molar-refractivity contribution in [3.8, 4) is 28.5 Å². The first-order valence-corrected chi connectivity index (χ1v) is 9.15.